The summed E-state index contributed by atoms with van der Waals surface area (Å²) in [6, 6.07) is 8.32. The lowest BCUT2D eigenvalue weighted by atomic mass is 10.1. The van der Waals surface area contributed by atoms with E-state index >= 15 is 0 Å². The summed E-state index contributed by atoms with van der Waals surface area (Å²) in [6.45, 7) is 5.81. The first kappa shape index (κ1) is 17.4. The standard InChI is InChI=1S/C18H24N4O3/c1-2-15-3-5-16(6-4-15)7-9-20-10-11-21(18(20)19-22(23)24)13-17-8-12-25-14-17/h3-7,9,17H,2,8,10-14H2,1H3. The van der Waals surface area contributed by atoms with Crippen molar-refractivity contribution in [3.05, 3.63) is 51.7 Å². The molecule has 1 atom stereocenters. The molecular formula is C18H24N4O3. The molecule has 1 aromatic carbocycles. The molecule has 0 aromatic heterocycles. The molecule has 0 spiro atoms. The Kier molecular flexibility index (Phi) is 5.65. The third kappa shape index (κ3) is 4.57. The Bertz CT molecular complexity index is 651. The summed E-state index contributed by atoms with van der Waals surface area (Å²) in [7, 11) is 0. The molecule has 0 amide bonds. The molecule has 2 saturated heterocycles. The van der Waals surface area contributed by atoms with Crippen LogP contribution in [-0.2, 0) is 11.2 Å². The third-order valence-electron chi connectivity index (χ3n) is 4.66. The van der Waals surface area contributed by atoms with Crippen LogP contribution in [0.25, 0.3) is 6.08 Å². The van der Waals surface area contributed by atoms with Gasteiger partial charge in [0.15, 0.2) is 5.03 Å². The van der Waals surface area contributed by atoms with Crippen LogP contribution in [0.2, 0.25) is 0 Å². The molecular weight excluding hydrogens is 320 g/mol. The number of hydrogen-bond acceptors (Lipinski definition) is 3. The van der Waals surface area contributed by atoms with E-state index in [4.69, 9.17) is 4.74 Å². The van der Waals surface area contributed by atoms with Gasteiger partial charge in [0.1, 0.15) is 5.10 Å². The molecule has 2 aliphatic rings. The summed E-state index contributed by atoms with van der Waals surface area (Å²) in [6.07, 6.45) is 5.86. The molecule has 0 N–H and O–H groups in total. The van der Waals surface area contributed by atoms with Crippen molar-refractivity contribution < 1.29 is 9.77 Å². The van der Waals surface area contributed by atoms with Crippen LogP contribution in [0.15, 0.2) is 35.6 Å². The Labute approximate surface area is 147 Å². The fraction of sp³-hybridized carbons (Fsp3) is 0.500. The summed E-state index contributed by atoms with van der Waals surface area (Å²) < 4.78 is 5.41. The number of rotatable bonds is 6. The van der Waals surface area contributed by atoms with Gasteiger partial charge in [0, 0.05) is 38.4 Å². The highest BCUT2D eigenvalue weighted by molar-refractivity contribution is 5.83. The smallest absolute Gasteiger partial charge is 0.278 e. The maximum Gasteiger partial charge on any atom is 0.278 e. The highest BCUT2D eigenvalue weighted by Gasteiger charge is 2.31. The third-order valence-corrected chi connectivity index (χ3v) is 4.66. The highest BCUT2D eigenvalue weighted by Crippen LogP contribution is 2.19. The number of guanidine groups is 1. The molecule has 2 heterocycles. The van der Waals surface area contributed by atoms with Gasteiger partial charge in [-0.2, -0.15) is 0 Å². The average molecular weight is 344 g/mol. The molecule has 0 radical (unpaired) electrons. The predicted molar refractivity (Wildman–Crippen MR) is 96.5 cm³/mol. The molecule has 7 heteroatoms. The normalized spacial score (nSPS) is 22.4. The summed E-state index contributed by atoms with van der Waals surface area (Å²) in [4.78, 5) is 14.8. The van der Waals surface area contributed by atoms with Crippen molar-refractivity contribution in [3.8, 4) is 0 Å². The second-order valence-electron chi connectivity index (χ2n) is 6.42. The first-order chi connectivity index (χ1) is 12.2. The molecule has 134 valence electrons. The molecule has 0 saturated carbocycles. The van der Waals surface area contributed by atoms with Crippen molar-refractivity contribution in [2.75, 3.05) is 32.8 Å². The Morgan fingerprint density at radius 1 is 1.36 bits per heavy atom. The molecule has 0 aliphatic carbocycles. The van der Waals surface area contributed by atoms with E-state index in [-0.39, 0.29) is 0 Å². The minimum Gasteiger partial charge on any atom is -0.381 e. The zero-order chi connectivity index (χ0) is 17.6. The van der Waals surface area contributed by atoms with Crippen molar-refractivity contribution in [1.29, 1.82) is 0 Å². The second kappa shape index (κ2) is 8.11. The Morgan fingerprint density at radius 2 is 2.16 bits per heavy atom. The first-order valence-corrected chi connectivity index (χ1v) is 8.75. The van der Waals surface area contributed by atoms with Crippen LogP contribution in [0.5, 0.6) is 0 Å². The van der Waals surface area contributed by atoms with E-state index in [0.717, 1.165) is 44.7 Å². The Balaban J connectivity index is 1.70. The first-order valence-electron chi connectivity index (χ1n) is 8.75. The van der Waals surface area contributed by atoms with Gasteiger partial charge in [-0.25, -0.2) is 10.1 Å². The fourth-order valence-corrected chi connectivity index (χ4v) is 3.20. The number of ether oxygens (including phenoxy) is 1. The zero-order valence-electron chi connectivity index (χ0n) is 14.5. The van der Waals surface area contributed by atoms with E-state index in [9.17, 15) is 10.1 Å². The van der Waals surface area contributed by atoms with Crippen molar-refractivity contribution >= 4 is 12.0 Å². The van der Waals surface area contributed by atoms with Gasteiger partial charge in [0.25, 0.3) is 5.96 Å². The van der Waals surface area contributed by atoms with E-state index in [1.54, 1.807) is 0 Å². The van der Waals surface area contributed by atoms with Crippen molar-refractivity contribution in [2.45, 2.75) is 19.8 Å². The van der Waals surface area contributed by atoms with Crippen LogP contribution in [0, 0.1) is 16.0 Å². The van der Waals surface area contributed by atoms with Crippen molar-refractivity contribution in [1.82, 2.24) is 9.80 Å². The SMILES string of the molecule is CCc1ccc(C=CN2CCN(CC3CCOC3)C2=N[N+](=O)[O-])cc1. The summed E-state index contributed by atoms with van der Waals surface area (Å²) in [5.41, 5.74) is 2.36. The number of hydrazone groups is 1. The van der Waals surface area contributed by atoms with Crippen molar-refractivity contribution in [3.63, 3.8) is 0 Å². The molecule has 25 heavy (non-hydrogen) atoms. The molecule has 3 rings (SSSR count). The number of benzene rings is 1. The van der Waals surface area contributed by atoms with Gasteiger partial charge in [-0.3, -0.25) is 0 Å². The van der Waals surface area contributed by atoms with Crippen LogP contribution >= 0.6 is 0 Å². The molecule has 2 aliphatic heterocycles. The summed E-state index contributed by atoms with van der Waals surface area (Å²) in [5.74, 6) is 0.834. The summed E-state index contributed by atoms with van der Waals surface area (Å²) in [5, 5.41) is 13.9. The minimum absolute atomic E-state index is 0.415. The van der Waals surface area contributed by atoms with Crippen LogP contribution in [0.4, 0.5) is 0 Å². The molecule has 1 unspecified atom stereocenters. The monoisotopic (exact) mass is 344 g/mol. The lowest BCUT2D eigenvalue weighted by Crippen LogP contribution is -2.35. The van der Waals surface area contributed by atoms with Gasteiger partial charge in [0.05, 0.1) is 6.61 Å². The van der Waals surface area contributed by atoms with Gasteiger partial charge in [-0.15, -0.1) is 0 Å². The maximum absolute atomic E-state index is 10.9. The van der Waals surface area contributed by atoms with Crippen LogP contribution in [-0.4, -0.2) is 53.6 Å². The molecule has 2 fully saturated rings. The van der Waals surface area contributed by atoms with Crippen molar-refractivity contribution in [2.24, 2.45) is 11.0 Å². The molecule has 0 bridgehead atoms. The molecule has 7 nitrogen and oxygen atoms in total. The number of hydrogen-bond donors (Lipinski definition) is 0. The topological polar surface area (TPSA) is 71.2 Å². The van der Waals surface area contributed by atoms with E-state index in [1.165, 1.54) is 5.56 Å². The second-order valence-corrected chi connectivity index (χ2v) is 6.42. The van der Waals surface area contributed by atoms with Crippen LogP contribution in [0.3, 0.4) is 0 Å². The van der Waals surface area contributed by atoms with Crippen LogP contribution in [0.1, 0.15) is 24.5 Å². The number of nitro groups is 1. The number of aryl methyl sites for hydroxylation is 1. The Morgan fingerprint density at radius 3 is 2.80 bits per heavy atom. The summed E-state index contributed by atoms with van der Waals surface area (Å²) >= 11 is 0. The van der Waals surface area contributed by atoms with E-state index in [2.05, 4.69) is 36.3 Å². The fourth-order valence-electron chi connectivity index (χ4n) is 3.20. The lowest BCUT2D eigenvalue weighted by molar-refractivity contribution is -0.486. The van der Waals surface area contributed by atoms with Crippen LogP contribution < -0.4 is 0 Å². The predicted octanol–water partition coefficient (Wildman–Crippen LogP) is 2.42. The zero-order valence-corrected chi connectivity index (χ0v) is 14.5. The Hall–Kier alpha value is -2.41. The van der Waals surface area contributed by atoms with E-state index in [1.807, 2.05) is 22.1 Å². The van der Waals surface area contributed by atoms with E-state index < -0.39 is 5.03 Å². The molecule has 1 aromatic rings. The van der Waals surface area contributed by atoms with E-state index in [0.29, 0.717) is 18.4 Å². The lowest BCUT2D eigenvalue weighted by Gasteiger charge is -2.21. The minimum atomic E-state index is -0.615. The largest absolute Gasteiger partial charge is 0.381 e. The average Bonchev–Trinajstić information content (AvgIpc) is 3.25. The van der Waals surface area contributed by atoms with Gasteiger partial charge in [0.2, 0.25) is 0 Å². The van der Waals surface area contributed by atoms with Gasteiger partial charge in [-0.1, -0.05) is 31.2 Å². The van der Waals surface area contributed by atoms with Gasteiger partial charge in [-0.05, 0) is 30.0 Å². The van der Waals surface area contributed by atoms with Gasteiger partial charge >= 0.3 is 0 Å². The van der Waals surface area contributed by atoms with Gasteiger partial charge < -0.3 is 14.5 Å². The highest BCUT2D eigenvalue weighted by atomic mass is 16.7. The quantitative estimate of drug-likeness (QED) is 0.585. The number of nitrogens with zero attached hydrogens (tertiary/aromatic N) is 4. The maximum atomic E-state index is 10.9.